The van der Waals surface area contributed by atoms with Crippen LogP contribution in [0, 0.1) is 5.92 Å². The summed E-state index contributed by atoms with van der Waals surface area (Å²) in [6, 6.07) is 3.76. The van der Waals surface area contributed by atoms with Gasteiger partial charge in [0.15, 0.2) is 0 Å². The van der Waals surface area contributed by atoms with E-state index in [1.165, 1.54) is 32.1 Å². The molecule has 5 heteroatoms. The molecule has 0 aliphatic heterocycles. The normalized spacial score (nSPS) is 15.3. The van der Waals surface area contributed by atoms with Crippen molar-refractivity contribution >= 4 is 11.8 Å². The monoisotopic (exact) mass is 303 g/mol. The maximum absolute atomic E-state index is 11.8. The number of aromatic nitrogens is 1. The first-order valence-electron chi connectivity index (χ1n) is 8.16. The summed E-state index contributed by atoms with van der Waals surface area (Å²) in [7, 11) is 0. The average Bonchev–Trinajstić information content (AvgIpc) is 2.55. The van der Waals surface area contributed by atoms with Gasteiger partial charge in [0.05, 0.1) is 0 Å². The Hall–Kier alpha value is -1.91. The third-order valence-electron chi connectivity index (χ3n) is 4.09. The van der Waals surface area contributed by atoms with Gasteiger partial charge in [-0.3, -0.25) is 14.6 Å². The van der Waals surface area contributed by atoms with Crippen molar-refractivity contribution in [1.82, 2.24) is 15.6 Å². The van der Waals surface area contributed by atoms with Crippen LogP contribution in [0.2, 0.25) is 0 Å². The Morgan fingerprint density at radius 2 is 1.95 bits per heavy atom. The van der Waals surface area contributed by atoms with E-state index in [0.717, 1.165) is 5.56 Å². The predicted molar refractivity (Wildman–Crippen MR) is 84.9 cm³/mol. The van der Waals surface area contributed by atoms with Gasteiger partial charge in [-0.15, -0.1) is 0 Å². The van der Waals surface area contributed by atoms with E-state index in [1.807, 2.05) is 12.1 Å². The number of nitrogens with one attached hydrogen (secondary N) is 2. The number of hydrogen-bond acceptors (Lipinski definition) is 3. The average molecular weight is 303 g/mol. The fourth-order valence-electron chi connectivity index (χ4n) is 2.83. The number of rotatable bonds is 7. The van der Waals surface area contributed by atoms with Crippen molar-refractivity contribution in [3.8, 4) is 0 Å². The number of hydrogen-bond donors (Lipinski definition) is 2. The van der Waals surface area contributed by atoms with Crippen LogP contribution < -0.4 is 10.6 Å². The zero-order valence-electron chi connectivity index (χ0n) is 13.0. The Morgan fingerprint density at radius 1 is 1.14 bits per heavy atom. The van der Waals surface area contributed by atoms with E-state index < -0.39 is 0 Å². The van der Waals surface area contributed by atoms with Gasteiger partial charge in [0.25, 0.3) is 0 Å². The second kappa shape index (κ2) is 9.18. The molecule has 0 spiro atoms. The first-order valence-corrected chi connectivity index (χ1v) is 8.16. The second-order valence-corrected chi connectivity index (χ2v) is 5.95. The van der Waals surface area contributed by atoms with Crippen molar-refractivity contribution in [3.05, 3.63) is 30.1 Å². The minimum Gasteiger partial charge on any atom is -0.356 e. The van der Waals surface area contributed by atoms with E-state index in [4.69, 9.17) is 0 Å². The molecule has 1 fully saturated rings. The molecule has 1 aromatic heterocycles. The van der Waals surface area contributed by atoms with Crippen LogP contribution in [0.25, 0.3) is 0 Å². The smallest absolute Gasteiger partial charge is 0.222 e. The highest BCUT2D eigenvalue weighted by molar-refractivity contribution is 5.79. The van der Waals surface area contributed by atoms with E-state index in [0.29, 0.717) is 31.8 Å². The lowest BCUT2D eigenvalue weighted by Gasteiger charge is -2.20. The molecule has 1 aliphatic rings. The molecule has 22 heavy (non-hydrogen) atoms. The first-order chi connectivity index (χ1) is 10.7. The van der Waals surface area contributed by atoms with Gasteiger partial charge in [0.1, 0.15) is 0 Å². The zero-order chi connectivity index (χ0) is 15.6. The van der Waals surface area contributed by atoms with E-state index in [-0.39, 0.29) is 11.8 Å². The molecule has 120 valence electrons. The molecule has 0 unspecified atom stereocenters. The van der Waals surface area contributed by atoms with E-state index in [2.05, 4.69) is 15.6 Å². The highest BCUT2D eigenvalue weighted by Crippen LogP contribution is 2.25. The number of amides is 2. The lowest BCUT2D eigenvalue weighted by Crippen LogP contribution is -2.31. The Labute approximate surface area is 131 Å². The number of carbonyl (C=O) groups excluding carboxylic acids is 2. The van der Waals surface area contributed by atoms with Crippen LogP contribution in [-0.2, 0) is 16.1 Å². The summed E-state index contributed by atoms with van der Waals surface area (Å²) in [5, 5.41) is 5.67. The quantitative estimate of drug-likeness (QED) is 0.811. The fraction of sp³-hybridized carbons (Fsp3) is 0.588. The highest BCUT2D eigenvalue weighted by Gasteiger charge is 2.16. The number of nitrogens with zero attached hydrogens (tertiary/aromatic N) is 1. The molecule has 2 amide bonds. The Morgan fingerprint density at radius 3 is 2.68 bits per heavy atom. The Balaban J connectivity index is 1.55. The topological polar surface area (TPSA) is 71.1 Å². The highest BCUT2D eigenvalue weighted by atomic mass is 16.2. The molecule has 2 rings (SSSR count). The van der Waals surface area contributed by atoms with Gasteiger partial charge >= 0.3 is 0 Å². The predicted octanol–water partition coefficient (Wildman–Crippen LogP) is 2.17. The molecule has 0 atom stereocenters. The second-order valence-electron chi connectivity index (χ2n) is 5.95. The lowest BCUT2D eigenvalue weighted by molar-refractivity contribution is -0.123. The molecule has 5 nitrogen and oxygen atoms in total. The standard InChI is InChI=1S/C17H25N3O2/c21-16(20-13-15-7-4-9-18-12-15)8-10-19-17(22)11-14-5-2-1-3-6-14/h4,7,9,12,14H,1-3,5-6,8,10-11,13H2,(H,19,22)(H,20,21). The fourth-order valence-corrected chi connectivity index (χ4v) is 2.83. The van der Waals surface area contributed by atoms with Crippen LogP contribution in [0.15, 0.2) is 24.5 Å². The van der Waals surface area contributed by atoms with Crippen LogP contribution >= 0.6 is 0 Å². The maximum Gasteiger partial charge on any atom is 0.222 e. The molecule has 0 radical (unpaired) electrons. The summed E-state index contributed by atoms with van der Waals surface area (Å²) in [5.74, 6) is 0.557. The van der Waals surface area contributed by atoms with E-state index in [9.17, 15) is 9.59 Å². The molecule has 0 aromatic carbocycles. The molecule has 1 heterocycles. The van der Waals surface area contributed by atoms with Crippen molar-refractivity contribution in [2.24, 2.45) is 5.92 Å². The van der Waals surface area contributed by atoms with Crippen molar-refractivity contribution in [2.45, 2.75) is 51.5 Å². The molecule has 2 N–H and O–H groups in total. The van der Waals surface area contributed by atoms with Gasteiger partial charge in [0, 0.05) is 38.3 Å². The summed E-state index contributed by atoms with van der Waals surface area (Å²) in [4.78, 5) is 27.5. The number of pyridine rings is 1. The van der Waals surface area contributed by atoms with Crippen LogP contribution in [0.1, 0.15) is 50.5 Å². The summed E-state index contributed by atoms with van der Waals surface area (Å²) in [5.41, 5.74) is 0.970. The summed E-state index contributed by atoms with van der Waals surface area (Å²) in [6.45, 7) is 0.882. The molecule has 0 saturated heterocycles. The Kier molecular flexibility index (Phi) is 6.87. The van der Waals surface area contributed by atoms with Crippen LogP contribution in [0.4, 0.5) is 0 Å². The molecule has 1 saturated carbocycles. The van der Waals surface area contributed by atoms with E-state index >= 15 is 0 Å². The van der Waals surface area contributed by atoms with Crippen LogP contribution in [0.3, 0.4) is 0 Å². The SMILES string of the molecule is O=C(CCNC(=O)CC1CCCCC1)NCc1cccnc1. The third kappa shape index (κ3) is 6.24. The molecule has 0 bridgehead atoms. The molecular formula is C17H25N3O2. The summed E-state index contributed by atoms with van der Waals surface area (Å²) < 4.78 is 0. The minimum atomic E-state index is -0.0539. The molecular weight excluding hydrogens is 278 g/mol. The van der Waals surface area contributed by atoms with Crippen LogP contribution in [-0.4, -0.2) is 23.3 Å². The van der Waals surface area contributed by atoms with Gasteiger partial charge in [-0.1, -0.05) is 25.3 Å². The van der Waals surface area contributed by atoms with Crippen molar-refractivity contribution in [1.29, 1.82) is 0 Å². The molecule has 1 aliphatic carbocycles. The lowest BCUT2D eigenvalue weighted by atomic mass is 9.87. The van der Waals surface area contributed by atoms with Gasteiger partial charge in [0.2, 0.25) is 11.8 Å². The van der Waals surface area contributed by atoms with Crippen molar-refractivity contribution in [3.63, 3.8) is 0 Å². The summed E-state index contributed by atoms with van der Waals surface area (Å²) >= 11 is 0. The maximum atomic E-state index is 11.8. The minimum absolute atomic E-state index is 0.0539. The number of carbonyl (C=O) groups is 2. The first kappa shape index (κ1) is 16.5. The van der Waals surface area contributed by atoms with E-state index in [1.54, 1.807) is 12.4 Å². The van der Waals surface area contributed by atoms with Gasteiger partial charge in [-0.25, -0.2) is 0 Å². The van der Waals surface area contributed by atoms with Crippen molar-refractivity contribution in [2.75, 3.05) is 6.54 Å². The third-order valence-corrected chi connectivity index (χ3v) is 4.09. The Bertz CT molecular complexity index is 470. The van der Waals surface area contributed by atoms with Crippen LogP contribution in [0.5, 0.6) is 0 Å². The van der Waals surface area contributed by atoms with Gasteiger partial charge < -0.3 is 10.6 Å². The molecule has 1 aromatic rings. The largest absolute Gasteiger partial charge is 0.356 e. The van der Waals surface area contributed by atoms with Gasteiger partial charge in [-0.05, 0) is 30.4 Å². The van der Waals surface area contributed by atoms with Gasteiger partial charge in [-0.2, -0.15) is 0 Å². The summed E-state index contributed by atoms with van der Waals surface area (Å²) in [6.07, 6.45) is 10.5. The van der Waals surface area contributed by atoms with Crippen molar-refractivity contribution < 1.29 is 9.59 Å². The zero-order valence-corrected chi connectivity index (χ0v) is 13.0.